The van der Waals surface area contributed by atoms with E-state index in [0.29, 0.717) is 29.8 Å². The molecular weight excluding hydrogens is 510 g/mol. The highest BCUT2D eigenvalue weighted by Gasteiger charge is 2.38. The minimum absolute atomic E-state index is 0.0273. The molecule has 1 aromatic carbocycles. The van der Waals surface area contributed by atoms with E-state index in [1.807, 2.05) is 13.8 Å². The lowest BCUT2D eigenvalue weighted by molar-refractivity contribution is -0.147. The average Bonchev–Trinajstić information content (AvgIpc) is 2.78. The summed E-state index contributed by atoms with van der Waals surface area (Å²) < 4.78 is 28.5. The predicted molar refractivity (Wildman–Crippen MR) is 143 cm³/mol. The predicted octanol–water partition coefficient (Wildman–Crippen LogP) is 3.71. The number of primary sulfonamides is 1. The summed E-state index contributed by atoms with van der Waals surface area (Å²) >= 11 is 0. The van der Waals surface area contributed by atoms with Crippen LogP contribution in [0.5, 0.6) is 0 Å². The molecule has 3 amide bonds. The van der Waals surface area contributed by atoms with Crippen LogP contribution in [0.2, 0.25) is 0 Å². The van der Waals surface area contributed by atoms with Crippen LogP contribution < -0.4 is 15.8 Å². The molecule has 11 nitrogen and oxygen atoms in total. The first kappa shape index (κ1) is 29.1. The van der Waals surface area contributed by atoms with Gasteiger partial charge in [-0.2, -0.15) is 0 Å². The highest BCUT2D eigenvalue weighted by atomic mass is 32.2. The van der Waals surface area contributed by atoms with Gasteiger partial charge in [-0.15, -0.1) is 0 Å². The maximum Gasteiger partial charge on any atom is 0.413 e. The number of rotatable bonds is 4. The summed E-state index contributed by atoms with van der Waals surface area (Å²) in [6, 6.07) is 7.21. The molecule has 1 aromatic heterocycles. The lowest BCUT2D eigenvalue weighted by Crippen LogP contribution is -2.49. The molecule has 0 bridgehead atoms. The fourth-order valence-corrected chi connectivity index (χ4v) is 4.78. The van der Waals surface area contributed by atoms with E-state index in [2.05, 4.69) is 15.6 Å². The number of aryl methyl sites for hydroxylation is 1. The van der Waals surface area contributed by atoms with Crippen LogP contribution in [0.3, 0.4) is 0 Å². The molecule has 12 heteroatoms. The Morgan fingerprint density at radius 1 is 1.13 bits per heavy atom. The number of likely N-dealkylation sites (tertiary alicyclic amines) is 1. The Balaban J connectivity index is 1.76. The molecule has 38 heavy (non-hydrogen) atoms. The number of ether oxygens (including phenoxy) is 1. The maximum atomic E-state index is 13.3. The number of amides is 3. The van der Waals surface area contributed by atoms with Crippen LogP contribution in [0, 0.1) is 12.3 Å². The second-order valence-electron chi connectivity index (χ2n) is 11.2. The number of nitrogens with two attached hydrogens (primary N) is 1. The number of hydrogen-bond donors (Lipinski definition) is 3. The minimum Gasteiger partial charge on any atom is -0.444 e. The number of carbonyl (C=O) groups excluding carboxylic acids is 3. The van der Waals surface area contributed by atoms with E-state index >= 15 is 0 Å². The molecule has 3 rings (SSSR count). The number of pyridine rings is 1. The van der Waals surface area contributed by atoms with E-state index in [4.69, 9.17) is 9.88 Å². The summed E-state index contributed by atoms with van der Waals surface area (Å²) in [5, 5.41) is 10.4. The van der Waals surface area contributed by atoms with Crippen LogP contribution in [-0.2, 0) is 24.3 Å². The maximum absolute atomic E-state index is 13.3. The highest BCUT2D eigenvalue weighted by Crippen LogP contribution is 2.39. The van der Waals surface area contributed by atoms with Crippen molar-refractivity contribution >= 4 is 39.4 Å². The number of anilines is 2. The SMILES string of the molecule is Cc1cc(NC(=O)C(=O)N2CC(C)(C)CC[C@H]2c2ccc(S(N)(=O)=O)cc2)cnc1NC(=O)OC(C)(C)C. The van der Waals surface area contributed by atoms with Gasteiger partial charge in [-0.25, -0.2) is 23.3 Å². The zero-order valence-electron chi connectivity index (χ0n) is 22.5. The van der Waals surface area contributed by atoms with Gasteiger partial charge in [0.05, 0.1) is 22.8 Å². The van der Waals surface area contributed by atoms with Crippen molar-refractivity contribution in [3.63, 3.8) is 0 Å². The summed E-state index contributed by atoms with van der Waals surface area (Å²) in [6.07, 6.45) is 2.10. The second kappa shape index (κ2) is 10.7. The molecule has 0 radical (unpaired) electrons. The van der Waals surface area contributed by atoms with Crippen molar-refractivity contribution in [3.05, 3.63) is 47.7 Å². The molecular formula is C26H35N5O6S. The van der Waals surface area contributed by atoms with E-state index in [1.54, 1.807) is 45.9 Å². The van der Waals surface area contributed by atoms with Crippen molar-refractivity contribution in [2.75, 3.05) is 17.2 Å². The van der Waals surface area contributed by atoms with E-state index in [-0.39, 0.29) is 16.1 Å². The summed E-state index contributed by atoms with van der Waals surface area (Å²) in [5.74, 6) is -1.28. The van der Waals surface area contributed by atoms with E-state index in [1.165, 1.54) is 23.2 Å². The Hall–Kier alpha value is -3.51. The standard InChI is InChI=1S/C26H35N5O6S/c1-16-13-18(14-28-21(16)30-24(34)37-25(2,3)4)29-22(32)23(33)31-15-26(5,6)12-11-20(31)17-7-9-19(10-8-17)38(27,35)36/h7-10,13-14,20H,11-12,15H2,1-6H3,(H,29,32)(H2,27,35,36)(H,28,30,34)/t20-/m0/s1. The molecule has 1 atom stereocenters. The van der Waals surface area contributed by atoms with Gasteiger partial charge in [0.2, 0.25) is 10.0 Å². The number of hydrogen-bond acceptors (Lipinski definition) is 7. The van der Waals surface area contributed by atoms with Crippen molar-refractivity contribution in [1.82, 2.24) is 9.88 Å². The third-order valence-electron chi connectivity index (χ3n) is 6.07. The quantitative estimate of drug-likeness (QED) is 0.493. The Labute approximate surface area is 223 Å². The fourth-order valence-electron chi connectivity index (χ4n) is 4.26. The molecule has 206 valence electrons. The lowest BCUT2D eigenvalue weighted by Gasteiger charge is -2.43. The molecule has 1 aliphatic rings. The lowest BCUT2D eigenvalue weighted by atomic mass is 9.79. The normalized spacial score (nSPS) is 17.4. The molecule has 0 unspecified atom stereocenters. The zero-order valence-corrected chi connectivity index (χ0v) is 23.3. The minimum atomic E-state index is -3.85. The van der Waals surface area contributed by atoms with Gasteiger partial charge in [0.1, 0.15) is 11.4 Å². The van der Waals surface area contributed by atoms with Gasteiger partial charge in [0.25, 0.3) is 0 Å². The molecule has 0 aliphatic carbocycles. The van der Waals surface area contributed by atoms with Crippen LogP contribution >= 0.6 is 0 Å². The van der Waals surface area contributed by atoms with Gasteiger partial charge >= 0.3 is 17.9 Å². The summed E-state index contributed by atoms with van der Waals surface area (Å²) in [5.41, 5.74) is 0.690. The first-order valence-corrected chi connectivity index (χ1v) is 13.7. The van der Waals surface area contributed by atoms with E-state index < -0.39 is 39.6 Å². The van der Waals surface area contributed by atoms with Crippen LogP contribution in [0.1, 0.15) is 64.6 Å². The first-order valence-electron chi connectivity index (χ1n) is 12.2. The molecule has 2 heterocycles. The van der Waals surface area contributed by atoms with Crippen molar-refractivity contribution < 1.29 is 27.5 Å². The van der Waals surface area contributed by atoms with Gasteiger partial charge in [0, 0.05) is 6.54 Å². The number of carbonyl (C=O) groups is 3. The second-order valence-corrected chi connectivity index (χ2v) is 12.8. The zero-order chi connectivity index (χ0) is 28.5. The first-order chi connectivity index (χ1) is 17.4. The third kappa shape index (κ3) is 7.51. The molecule has 0 spiro atoms. The molecule has 1 aliphatic heterocycles. The Morgan fingerprint density at radius 3 is 2.32 bits per heavy atom. The molecule has 1 saturated heterocycles. The van der Waals surface area contributed by atoms with E-state index in [9.17, 15) is 22.8 Å². The van der Waals surface area contributed by atoms with Gasteiger partial charge < -0.3 is 15.0 Å². The van der Waals surface area contributed by atoms with Crippen LogP contribution in [0.15, 0.2) is 41.4 Å². The smallest absolute Gasteiger partial charge is 0.413 e. The summed E-state index contributed by atoms with van der Waals surface area (Å²) in [4.78, 5) is 44.0. The Morgan fingerprint density at radius 2 is 1.76 bits per heavy atom. The average molecular weight is 546 g/mol. The molecule has 4 N–H and O–H groups in total. The van der Waals surface area contributed by atoms with E-state index in [0.717, 1.165) is 6.42 Å². The van der Waals surface area contributed by atoms with Gasteiger partial charge in [-0.1, -0.05) is 26.0 Å². The molecule has 0 saturated carbocycles. The number of piperidine rings is 1. The number of aromatic nitrogens is 1. The van der Waals surface area contributed by atoms with Crippen LogP contribution in [0.4, 0.5) is 16.3 Å². The summed E-state index contributed by atoms with van der Waals surface area (Å²) in [7, 11) is -3.85. The molecule has 2 aromatic rings. The van der Waals surface area contributed by atoms with Gasteiger partial charge in [0.15, 0.2) is 0 Å². The Kier molecular flexibility index (Phi) is 8.18. The van der Waals surface area contributed by atoms with Crippen molar-refractivity contribution in [1.29, 1.82) is 0 Å². The Bertz CT molecular complexity index is 1330. The number of benzene rings is 1. The number of nitrogens with one attached hydrogen (secondary N) is 2. The monoisotopic (exact) mass is 545 g/mol. The topological polar surface area (TPSA) is 161 Å². The number of sulfonamides is 1. The van der Waals surface area contributed by atoms with Gasteiger partial charge in [-0.05, 0) is 75.3 Å². The van der Waals surface area contributed by atoms with Crippen molar-refractivity contribution in [2.24, 2.45) is 10.6 Å². The van der Waals surface area contributed by atoms with Crippen LogP contribution in [-0.4, -0.2) is 48.4 Å². The number of nitrogens with zero attached hydrogens (tertiary/aromatic N) is 2. The van der Waals surface area contributed by atoms with Gasteiger partial charge in [-0.3, -0.25) is 14.9 Å². The van der Waals surface area contributed by atoms with Crippen molar-refractivity contribution in [2.45, 2.75) is 70.9 Å². The largest absolute Gasteiger partial charge is 0.444 e. The molecule has 1 fully saturated rings. The highest BCUT2D eigenvalue weighted by molar-refractivity contribution is 7.89. The van der Waals surface area contributed by atoms with Crippen LogP contribution in [0.25, 0.3) is 0 Å². The van der Waals surface area contributed by atoms with Crippen molar-refractivity contribution in [3.8, 4) is 0 Å². The fraction of sp³-hybridized carbons (Fsp3) is 0.462. The summed E-state index contributed by atoms with van der Waals surface area (Å²) in [6.45, 7) is 11.3. The third-order valence-corrected chi connectivity index (χ3v) is 7.00.